The molecule has 1 rings (SSSR count). The summed E-state index contributed by atoms with van der Waals surface area (Å²) in [5, 5.41) is 2.77. The Kier molecular flexibility index (Phi) is 5.34. The maximum Gasteiger partial charge on any atom is 0.325 e. The van der Waals surface area contributed by atoms with Crippen molar-refractivity contribution < 1.29 is 17.9 Å². The van der Waals surface area contributed by atoms with Gasteiger partial charge in [-0.25, -0.2) is 12.7 Å². The minimum atomic E-state index is -3.54. The first-order valence-electron chi connectivity index (χ1n) is 6.00. The number of hydrogen-bond acceptors (Lipinski definition) is 6. The standard InChI is InChI=1S/C12H19N3O4S/c1-4-19-12(16)8-14-11-7-9(5-6-10(11)13)20(17,18)15(2)3/h5-7,14H,4,8,13H2,1-3H3. The third-order valence-corrected chi connectivity index (χ3v) is 4.34. The fraction of sp³-hybridized carbons (Fsp3) is 0.417. The van der Waals surface area contributed by atoms with Crippen molar-refractivity contribution in [3.8, 4) is 0 Å². The molecule has 0 aliphatic heterocycles. The Morgan fingerprint density at radius 1 is 1.40 bits per heavy atom. The van der Waals surface area contributed by atoms with E-state index in [1.165, 1.54) is 32.3 Å². The molecule has 7 nitrogen and oxygen atoms in total. The van der Waals surface area contributed by atoms with E-state index in [0.29, 0.717) is 11.4 Å². The van der Waals surface area contributed by atoms with Crippen LogP contribution in [0, 0.1) is 0 Å². The van der Waals surface area contributed by atoms with Gasteiger partial charge >= 0.3 is 5.97 Å². The van der Waals surface area contributed by atoms with Crippen LogP contribution in [0.25, 0.3) is 0 Å². The van der Waals surface area contributed by atoms with Gasteiger partial charge in [-0.3, -0.25) is 4.79 Å². The number of nitrogens with zero attached hydrogens (tertiary/aromatic N) is 1. The van der Waals surface area contributed by atoms with Crippen LogP contribution >= 0.6 is 0 Å². The molecule has 8 heteroatoms. The zero-order chi connectivity index (χ0) is 15.3. The van der Waals surface area contributed by atoms with E-state index in [9.17, 15) is 13.2 Å². The van der Waals surface area contributed by atoms with Crippen LogP contribution in [0.2, 0.25) is 0 Å². The highest BCUT2D eigenvalue weighted by Gasteiger charge is 2.18. The maximum absolute atomic E-state index is 12.0. The molecule has 0 unspecified atom stereocenters. The molecule has 0 aliphatic carbocycles. The second-order valence-electron chi connectivity index (χ2n) is 4.20. The monoisotopic (exact) mass is 301 g/mol. The Morgan fingerprint density at radius 2 is 2.05 bits per heavy atom. The molecule has 20 heavy (non-hydrogen) atoms. The van der Waals surface area contributed by atoms with Crippen LogP contribution in [-0.4, -0.2) is 45.9 Å². The fourth-order valence-corrected chi connectivity index (χ4v) is 2.37. The van der Waals surface area contributed by atoms with Gasteiger partial charge in [-0.1, -0.05) is 0 Å². The van der Waals surface area contributed by atoms with Crippen molar-refractivity contribution >= 4 is 27.4 Å². The van der Waals surface area contributed by atoms with Crippen molar-refractivity contribution in [2.24, 2.45) is 0 Å². The third kappa shape index (κ3) is 3.84. The number of rotatable bonds is 6. The van der Waals surface area contributed by atoms with Gasteiger partial charge in [-0.2, -0.15) is 0 Å². The summed E-state index contributed by atoms with van der Waals surface area (Å²) in [7, 11) is -0.660. The molecule has 0 amide bonds. The first-order chi connectivity index (χ1) is 9.28. The Hall–Kier alpha value is -1.80. The molecule has 0 saturated heterocycles. The molecule has 112 valence electrons. The summed E-state index contributed by atoms with van der Waals surface area (Å²) in [6.45, 7) is 1.91. The van der Waals surface area contributed by atoms with Crippen molar-refractivity contribution in [3.05, 3.63) is 18.2 Å². The molecule has 0 aliphatic rings. The Bertz CT molecular complexity index is 584. The van der Waals surface area contributed by atoms with E-state index < -0.39 is 16.0 Å². The Labute approximate surface area is 118 Å². The Balaban J connectivity index is 2.96. The van der Waals surface area contributed by atoms with Gasteiger partial charge in [0.2, 0.25) is 10.0 Å². The molecule has 0 aromatic heterocycles. The van der Waals surface area contributed by atoms with Crippen molar-refractivity contribution in [1.82, 2.24) is 4.31 Å². The second kappa shape index (κ2) is 6.58. The van der Waals surface area contributed by atoms with Crippen LogP contribution in [0.3, 0.4) is 0 Å². The zero-order valence-corrected chi connectivity index (χ0v) is 12.5. The number of anilines is 2. The molecule has 1 aromatic rings. The molecule has 0 fully saturated rings. The molecule has 3 N–H and O–H groups in total. The first-order valence-corrected chi connectivity index (χ1v) is 7.44. The zero-order valence-electron chi connectivity index (χ0n) is 11.7. The van der Waals surface area contributed by atoms with Gasteiger partial charge in [0, 0.05) is 14.1 Å². The van der Waals surface area contributed by atoms with Gasteiger partial charge in [-0.05, 0) is 25.1 Å². The number of hydrogen-bond donors (Lipinski definition) is 2. The fourth-order valence-electron chi connectivity index (χ4n) is 1.44. The highest BCUT2D eigenvalue weighted by atomic mass is 32.2. The number of carbonyl (C=O) groups excluding carboxylic acids is 1. The van der Waals surface area contributed by atoms with Crippen LogP contribution in [0.4, 0.5) is 11.4 Å². The van der Waals surface area contributed by atoms with E-state index in [4.69, 9.17) is 10.5 Å². The van der Waals surface area contributed by atoms with E-state index in [0.717, 1.165) is 4.31 Å². The van der Waals surface area contributed by atoms with Gasteiger partial charge in [0.05, 0.1) is 22.9 Å². The lowest BCUT2D eigenvalue weighted by Crippen LogP contribution is -2.23. The minimum absolute atomic E-state index is 0.0799. The number of carbonyl (C=O) groups is 1. The van der Waals surface area contributed by atoms with Gasteiger partial charge in [0.25, 0.3) is 0 Å². The normalized spacial score (nSPS) is 11.4. The summed E-state index contributed by atoms with van der Waals surface area (Å²) in [4.78, 5) is 11.4. The lowest BCUT2D eigenvalue weighted by Gasteiger charge is -2.14. The van der Waals surface area contributed by atoms with Crippen LogP contribution in [0.15, 0.2) is 23.1 Å². The summed E-state index contributed by atoms with van der Waals surface area (Å²) in [6, 6.07) is 4.29. The topological polar surface area (TPSA) is 102 Å². The summed E-state index contributed by atoms with van der Waals surface area (Å²) >= 11 is 0. The minimum Gasteiger partial charge on any atom is -0.465 e. The van der Waals surface area contributed by atoms with Crippen molar-refractivity contribution in [3.63, 3.8) is 0 Å². The van der Waals surface area contributed by atoms with Gasteiger partial charge < -0.3 is 15.8 Å². The van der Waals surface area contributed by atoms with Gasteiger partial charge in [-0.15, -0.1) is 0 Å². The number of benzene rings is 1. The van der Waals surface area contributed by atoms with E-state index in [2.05, 4.69) is 5.32 Å². The number of nitrogen functional groups attached to an aromatic ring is 1. The molecule has 0 atom stereocenters. The molecule has 0 spiro atoms. The van der Waals surface area contributed by atoms with Crippen molar-refractivity contribution in [2.75, 3.05) is 38.3 Å². The van der Waals surface area contributed by atoms with Gasteiger partial charge in [0.15, 0.2) is 0 Å². The summed E-state index contributed by atoms with van der Waals surface area (Å²) in [5.41, 5.74) is 6.48. The van der Waals surface area contributed by atoms with Crippen LogP contribution in [0.5, 0.6) is 0 Å². The van der Waals surface area contributed by atoms with Crippen LogP contribution < -0.4 is 11.1 Å². The predicted octanol–water partition coefficient (Wildman–Crippen LogP) is 0.494. The molecule has 0 saturated carbocycles. The second-order valence-corrected chi connectivity index (χ2v) is 6.35. The van der Waals surface area contributed by atoms with E-state index in [1.54, 1.807) is 6.92 Å². The van der Waals surface area contributed by atoms with E-state index in [-0.39, 0.29) is 18.0 Å². The molecule has 0 heterocycles. The number of nitrogens with one attached hydrogen (secondary N) is 1. The molecular formula is C12H19N3O4S. The number of nitrogens with two attached hydrogens (primary N) is 1. The highest BCUT2D eigenvalue weighted by Crippen LogP contribution is 2.24. The smallest absolute Gasteiger partial charge is 0.325 e. The first kappa shape index (κ1) is 16.3. The molecule has 0 radical (unpaired) electrons. The van der Waals surface area contributed by atoms with Gasteiger partial charge in [0.1, 0.15) is 6.54 Å². The van der Waals surface area contributed by atoms with E-state index >= 15 is 0 Å². The maximum atomic E-state index is 12.0. The summed E-state index contributed by atoms with van der Waals surface area (Å²) < 4.78 is 29.9. The van der Waals surface area contributed by atoms with Crippen LogP contribution in [-0.2, 0) is 19.6 Å². The SMILES string of the molecule is CCOC(=O)CNc1cc(S(=O)(=O)N(C)C)ccc1N. The highest BCUT2D eigenvalue weighted by molar-refractivity contribution is 7.89. The summed E-state index contributed by atoms with van der Waals surface area (Å²) in [6.07, 6.45) is 0. The largest absolute Gasteiger partial charge is 0.465 e. The molecule has 0 bridgehead atoms. The predicted molar refractivity (Wildman–Crippen MR) is 76.8 cm³/mol. The Morgan fingerprint density at radius 3 is 2.60 bits per heavy atom. The average molecular weight is 301 g/mol. The van der Waals surface area contributed by atoms with Crippen LogP contribution in [0.1, 0.15) is 6.92 Å². The molecular weight excluding hydrogens is 282 g/mol. The number of sulfonamides is 1. The third-order valence-electron chi connectivity index (χ3n) is 2.53. The van der Waals surface area contributed by atoms with Crippen molar-refractivity contribution in [1.29, 1.82) is 0 Å². The molecule has 1 aromatic carbocycles. The lowest BCUT2D eigenvalue weighted by molar-refractivity contribution is -0.140. The lowest BCUT2D eigenvalue weighted by atomic mass is 10.2. The number of ether oxygens (including phenoxy) is 1. The summed E-state index contributed by atoms with van der Waals surface area (Å²) in [5.74, 6) is -0.437. The average Bonchev–Trinajstić information content (AvgIpc) is 2.37. The quantitative estimate of drug-likeness (QED) is 0.586. The van der Waals surface area contributed by atoms with Crippen molar-refractivity contribution in [2.45, 2.75) is 11.8 Å². The number of esters is 1. The van der Waals surface area contributed by atoms with E-state index in [1.807, 2.05) is 0 Å².